The van der Waals surface area contributed by atoms with Gasteiger partial charge in [0.25, 0.3) is 0 Å². The molecule has 45 heavy (non-hydrogen) atoms. The number of carbonyl (C=O) groups excluding carboxylic acids is 4. The minimum Gasteiger partial charge on any atom is -0.480 e. The van der Waals surface area contributed by atoms with E-state index in [4.69, 9.17) is 34.4 Å². The molecule has 2 heterocycles. The predicted molar refractivity (Wildman–Crippen MR) is 167 cm³/mol. The number of hydrogen-bond acceptors (Lipinski definition) is 9. The molecule has 4 amide bonds. The molecule has 0 aliphatic carbocycles. The maximum Gasteiger partial charge on any atom is 0.326 e. The smallest absolute Gasteiger partial charge is 0.326 e. The van der Waals surface area contributed by atoms with Crippen LogP contribution >= 0.6 is 0 Å². The van der Waals surface area contributed by atoms with Crippen LogP contribution in [0.5, 0.6) is 0 Å². The number of nitrogens with two attached hydrogens (primary N) is 6. The number of aliphatic carboxylic acids is 1. The van der Waals surface area contributed by atoms with E-state index in [9.17, 15) is 29.1 Å². The van der Waals surface area contributed by atoms with Crippen LogP contribution in [0.4, 0.5) is 0 Å². The fourth-order valence-electron chi connectivity index (χ4n) is 5.04. The van der Waals surface area contributed by atoms with Gasteiger partial charge in [0.05, 0.1) is 12.1 Å². The van der Waals surface area contributed by atoms with Crippen LogP contribution in [-0.2, 0) is 24.0 Å². The molecule has 0 saturated carbocycles. The van der Waals surface area contributed by atoms with Crippen LogP contribution in [0, 0.1) is 0 Å². The summed E-state index contributed by atoms with van der Waals surface area (Å²) < 4.78 is 0. The maximum atomic E-state index is 13.2. The molecule has 5 atom stereocenters. The lowest BCUT2D eigenvalue weighted by molar-refractivity contribution is -0.161. The Hall–Kier alpha value is -4.19. The Morgan fingerprint density at radius 3 is 1.89 bits per heavy atom. The highest BCUT2D eigenvalue weighted by Crippen LogP contribution is 2.27. The fraction of sp³-hybridized carbons (Fsp3) is 0.741. The first kappa shape index (κ1) is 37.0. The van der Waals surface area contributed by atoms with Crippen molar-refractivity contribution < 1.29 is 29.1 Å². The molecule has 2 aliphatic rings. The van der Waals surface area contributed by atoms with Crippen molar-refractivity contribution in [3.05, 3.63) is 0 Å². The molecule has 0 unspecified atom stereocenters. The number of hydrogen-bond donors (Lipinski definition) is 9. The third-order valence-corrected chi connectivity index (χ3v) is 7.87. The number of carboxylic acid groups (broad SMARTS) is 1. The van der Waals surface area contributed by atoms with Crippen molar-refractivity contribution in [2.45, 2.75) is 94.4 Å². The zero-order valence-corrected chi connectivity index (χ0v) is 25.7. The zero-order valence-electron chi connectivity index (χ0n) is 25.7. The van der Waals surface area contributed by atoms with Crippen LogP contribution in [0.2, 0.25) is 0 Å². The minimum absolute atomic E-state index is 0.0295. The van der Waals surface area contributed by atoms with Crippen molar-refractivity contribution in [1.82, 2.24) is 20.4 Å². The van der Waals surface area contributed by atoms with Crippen LogP contribution in [-0.4, -0.2) is 119 Å². The van der Waals surface area contributed by atoms with Gasteiger partial charge in [0, 0.05) is 32.7 Å². The lowest BCUT2D eigenvalue weighted by Gasteiger charge is -2.48. The standard InChI is InChI=1S/C27H50N12O6/c28-16(6-1-4-12-35-26(30)31)21(40)34-11-3-2-7-17(29)23(42)39-15-10-20(39)24(43)38-14-9-19(38)22(41)37-18(25(44)45)8-5-13-36-27(32)33/h16-20H,1-15,28-29H2,(H,34,40)(H,37,41)(H,44,45)(H4,30,31,35)(H4,32,33,36)/t16-,17-,18-,19-,20-/m0/s1. The van der Waals surface area contributed by atoms with Crippen LogP contribution in [0.1, 0.15) is 64.2 Å². The molecule has 2 fully saturated rings. The SMILES string of the molecule is NC(N)=NCCCC[C@H](N)C(=O)NCCCC[C@H](N)C(=O)N1CC[C@H]1C(=O)N1CC[C@H]1C(=O)N[C@@H](CCCN=C(N)N)C(=O)O. The summed E-state index contributed by atoms with van der Waals surface area (Å²) in [6.07, 6.45) is 4.79. The quantitative estimate of drug-likeness (QED) is 0.0352. The largest absolute Gasteiger partial charge is 0.480 e. The molecule has 2 aliphatic heterocycles. The van der Waals surface area contributed by atoms with Crippen molar-refractivity contribution in [2.75, 3.05) is 32.7 Å². The molecule has 0 radical (unpaired) electrons. The van der Waals surface area contributed by atoms with Gasteiger partial charge in [-0.3, -0.25) is 29.2 Å². The summed E-state index contributed by atoms with van der Waals surface area (Å²) in [4.78, 5) is 73.2. The van der Waals surface area contributed by atoms with Gasteiger partial charge in [-0.25, -0.2) is 4.79 Å². The van der Waals surface area contributed by atoms with Gasteiger partial charge in [0.2, 0.25) is 23.6 Å². The number of nitrogens with one attached hydrogen (secondary N) is 2. The number of unbranched alkanes of at least 4 members (excludes halogenated alkanes) is 2. The monoisotopic (exact) mass is 638 g/mol. The van der Waals surface area contributed by atoms with Crippen LogP contribution in [0.3, 0.4) is 0 Å². The number of carboxylic acids is 1. The summed E-state index contributed by atoms with van der Waals surface area (Å²) >= 11 is 0. The number of guanidine groups is 2. The van der Waals surface area contributed by atoms with Crippen LogP contribution < -0.4 is 45.0 Å². The van der Waals surface area contributed by atoms with Crippen molar-refractivity contribution in [1.29, 1.82) is 0 Å². The number of nitrogens with zero attached hydrogens (tertiary/aromatic N) is 4. The Morgan fingerprint density at radius 2 is 1.33 bits per heavy atom. The van der Waals surface area contributed by atoms with E-state index in [1.54, 1.807) is 0 Å². The Morgan fingerprint density at radius 1 is 0.756 bits per heavy atom. The van der Waals surface area contributed by atoms with Crippen molar-refractivity contribution in [2.24, 2.45) is 44.4 Å². The fourth-order valence-corrected chi connectivity index (χ4v) is 5.04. The lowest BCUT2D eigenvalue weighted by Crippen LogP contribution is -2.67. The molecule has 0 aromatic carbocycles. The second-order valence-electron chi connectivity index (χ2n) is 11.3. The first-order chi connectivity index (χ1) is 21.3. The van der Waals surface area contributed by atoms with Gasteiger partial charge in [-0.15, -0.1) is 0 Å². The highest BCUT2D eigenvalue weighted by Gasteiger charge is 2.47. The van der Waals surface area contributed by atoms with Gasteiger partial charge >= 0.3 is 5.97 Å². The molecule has 0 aromatic rings. The molecule has 0 aromatic heterocycles. The Labute approximate surface area is 262 Å². The van der Waals surface area contributed by atoms with Crippen LogP contribution in [0.25, 0.3) is 0 Å². The van der Waals surface area contributed by atoms with Gasteiger partial charge in [-0.05, 0) is 64.2 Å². The van der Waals surface area contributed by atoms with Crippen molar-refractivity contribution in [3.63, 3.8) is 0 Å². The Balaban J connectivity index is 1.71. The third-order valence-electron chi connectivity index (χ3n) is 7.87. The second kappa shape index (κ2) is 18.6. The second-order valence-corrected chi connectivity index (χ2v) is 11.3. The number of rotatable bonds is 20. The van der Waals surface area contributed by atoms with E-state index in [2.05, 4.69) is 20.6 Å². The van der Waals surface area contributed by atoms with E-state index in [-0.39, 0.29) is 42.6 Å². The number of amides is 4. The number of likely N-dealkylation sites (tertiary alicyclic amines) is 2. The summed E-state index contributed by atoms with van der Waals surface area (Å²) in [6.45, 7) is 1.81. The number of aliphatic imine (C=N–C) groups is 2. The topological polar surface area (TPSA) is 317 Å². The molecule has 15 N–H and O–H groups in total. The normalized spacial score (nSPS) is 19.2. The first-order valence-electron chi connectivity index (χ1n) is 15.4. The van der Waals surface area contributed by atoms with E-state index in [1.807, 2.05) is 0 Å². The summed E-state index contributed by atoms with van der Waals surface area (Å²) in [5.41, 5.74) is 33.1. The van der Waals surface area contributed by atoms with Gasteiger partial charge in [-0.2, -0.15) is 0 Å². The maximum absolute atomic E-state index is 13.2. The summed E-state index contributed by atoms with van der Waals surface area (Å²) in [5, 5.41) is 14.8. The van der Waals surface area contributed by atoms with Gasteiger partial charge in [0.1, 0.15) is 18.1 Å². The van der Waals surface area contributed by atoms with E-state index in [1.165, 1.54) is 9.80 Å². The van der Waals surface area contributed by atoms with E-state index in [0.29, 0.717) is 77.5 Å². The average Bonchev–Trinajstić information content (AvgIpc) is 2.92. The third kappa shape index (κ3) is 12.0. The molecule has 18 heteroatoms. The van der Waals surface area contributed by atoms with Gasteiger partial charge in [0.15, 0.2) is 11.9 Å². The zero-order chi connectivity index (χ0) is 33.5. The number of carbonyl (C=O) groups is 5. The average molecular weight is 639 g/mol. The Bertz CT molecular complexity index is 1090. The van der Waals surface area contributed by atoms with E-state index in [0.717, 1.165) is 6.42 Å². The molecule has 2 saturated heterocycles. The molecule has 0 spiro atoms. The minimum atomic E-state index is -1.20. The summed E-state index contributed by atoms with van der Waals surface area (Å²) in [6, 6.07) is -4.12. The van der Waals surface area contributed by atoms with E-state index < -0.39 is 42.1 Å². The molecule has 254 valence electrons. The molecule has 18 nitrogen and oxygen atoms in total. The molecular weight excluding hydrogens is 588 g/mol. The molecular formula is C27H50N12O6. The molecule has 2 rings (SSSR count). The Kier molecular flexibility index (Phi) is 15.3. The highest BCUT2D eigenvalue weighted by atomic mass is 16.4. The van der Waals surface area contributed by atoms with Gasteiger partial charge in [-0.1, -0.05) is 0 Å². The first-order valence-corrected chi connectivity index (χ1v) is 15.4. The summed E-state index contributed by atoms with van der Waals surface area (Å²) in [7, 11) is 0. The lowest BCUT2D eigenvalue weighted by atomic mass is 9.94. The van der Waals surface area contributed by atoms with Gasteiger partial charge < -0.3 is 59.9 Å². The summed E-state index contributed by atoms with van der Waals surface area (Å²) in [5.74, 6) is -2.80. The van der Waals surface area contributed by atoms with Crippen molar-refractivity contribution in [3.8, 4) is 0 Å². The highest BCUT2D eigenvalue weighted by molar-refractivity contribution is 5.96. The molecule has 0 bridgehead atoms. The predicted octanol–water partition coefficient (Wildman–Crippen LogP) is -3.80. The van der Waals surface area contributed by atoms with Crippen LogP contribution in [0.15, 0.2) is 9.98 Å². The van der Waals surface area contributed by atoms with E-state index >= 15 is 0 Å². The van der Waals surface area contributed by atoms with Crippen molar-refractivity contribution >= 4 is 41.5 Å².